The third-order valence-corrected chi connectivity index (χ3v) is 8.41. The molecule has 2 aromatic carbocycles. The van der Waals surface area contributed by atoms with E-state index in [-0.39, 0.29) is 18.0 Å². The number of benzene rings is 2. The number of hydrogen-bond acceptors (Lipinski definition) is 7. The lowest BCUT2D eigenvalue weighted by Crippen LogP contribution is -2.38. The number of amides is 2. The number of ether oxygens (including phenoxy) is 1. The molecule has 0 bridgehead atoms. The number of urea groups is 1. The fraction of sp³-hybridized carbons (Fsp3) is 0.457. The minimum absolute atomic E-state index is 0.0928. The van der Waals surface area contributed by atoms with Gasteiger partial charge in [0.1, 0.15) is 29.0 Å². The van der Waals surface area contributed by atoms with Crippen molar-refractivity contribution in [2.24, 2.45) is 28.3 Å². The average Bonchev–Trinajstić information content (AvgIpc) is 3.51. The van der Waals surface area contributed by atoms with Crippen LogP contribution < -0.4 is 21.1 Å². The molecule has 2 fully saturated rings. The second-order valence-electron chi connectivity index (χ2n) is 12.0. The van der Waals surface area contributed by atoms with Crippen LogP contribution >= 0.6 is 12.0 Å². The van der Waals surface area contributed by atoms with Crippen molar-refractivity contribution in [3.8, 4) is 5.75 Å². The topological polar surface area (TPSA) is 130 Å². The smallest absolute Gasteiger partial charge is 0.345 e. The fourth-order valence-corrected chi connectivity index (χ4v) is 5.41. The van der Waals surface area contributed by atoms with E-state index in [0.29, 0.717) is 18.4 Å². The molecule has 47 heavy (non-hydrogen) atoms. The number of aryl methyl sites for hydroxylation is 1. The predicted octanol–water partition coefficient (Wildman–Crippen LogP) is 7.15. The first-order valence-electron chi connectivity index (χ1n) is 16.1. The Balaban J connectivity index is 0.000000303. The molecule has 2 saturated heterocycles. The van der Waals surface area contributed by atoms with Crippen LogP contribution in [0.25, 0.3) is 0 Å². The van der Waals surface area contributed by atoms with Gasteiger partial charge in [-0.15, -0.1) is 0 Å². The van der Waals surface area contributed by atoms with Crippen molar-refractivity contribution in [3.05, 3.63) is 84.1 Å². The number of anilines is 1. The number of nitrogens with zero attached hydrogens (tertiary/aromatic N) is 4. The Labute approximate surface area is 281 Å². The Morgan fingerprint density at radius 3 is 2.21 bits per heavy atom. The largest absolute Gasteiger partial charge is 0.492 e. The summed E-state index contributed by atoms with van der Waals surface area (Å²) in [4.78, 5) is 25.8. The number of nitrogens with two attached hydrogens (primary N) is 2. The monoisotopic (exact) mass is 670 g/mol. The summed E-state index contributed by atoms with van der Waals surface area (Å²) in [5.74, 6) is 2.14. The summed E-state index contributed by atoms with van der Waals surface area (Å²) in [5.41, 5.74) is 13.0. The van der Waals surface area contributed by atoms with Crippen molar-refractivity contribution < 1.29 is 22.9 Å². The molecule has 5 N–H and O–H groups in total. The van der Waals surface area contributed by atoms with Gasteiger partial charge in [0.05, 0.1) is 12.8 Å². The predicted molar refractivity (Wildman–Crippen MR) is 186 cm³/mol. The van der Waals surface area contributed by atoms with Gasteiger partial charge in [-0.2, -0.15) is 4.99 Å². The SMILES string of the molecule is Cc1cc(OCCCC2CCN(C(=O)/N=C(\N)C(C)C)CC2)cnc1N1CCC(N)C1.Fc1ccc(F)cc1.OSc1ccccc1. The molecule has 0 aliphatic carbocycles. The van der Waals surface area contributed by atoms with Crippen molar-refractivity contribution in [1.82, 2.24) is 9.88 Å². The number of carbonyl (C=O) groups is 1. The van der Waals surface area contributed by atoms with Crippen LogP contribution in [-0.4, -0.2) is 65.1 Å². The second-order valence-corrected chi connectivity index (χ2v) is 12.7. The van der Waals surface area contributed by atoms with Crippen molar-refractivity contribution in [2.45, 2.75) is 63.8 Å². The van der Waals surface area contributed by atoms with Crippen LogP contribution in [0.15, 0.2) is 76.7 Å². The van der Waals surface area contributed by atoms with E-state index >= 15 is 0 Å². The maximum absolute atomic E-state index is 12.2. The first-order valence-corrected chi connectivity index (χ1v) is 16.8. The molecule has 2 aliphatic rings. The van der Waals surface area contributed by atoms with E-state index in [2.05, 4.69) is 27.9 Å². The summed E-state index contributed by atoms with van der Waals surface area (Å²) >= 11 is 0.769. The van der Waals surface area contributed by atoms with E-state index in [1.54, 1.807) is 0 Å². The molecule has 0 radical (unpaired) electrons. The lowest BCUT2D eigenvalue weighted by atomic mass is 9.92. The highest BCUT2D eigenvalue weighted by atomic mass is 32.2. The molecule has 1 aromatic heterocycles. The van der Waals surface area contributed by atoms with Crippen LogP contribution in [0.5, 0.6) is 5.75 Å². The number of aromatic nitrogens is 1. The van der Waals surface area contributed by atoms with Crippen molar-refractivity contribution >= 4 is 29.7 Å². The number of rotatable bonds is 8. The maximum Gasteiger partial charge on any atom is 0.345 e. The molecular formula is C35H48F2N6O3S. The minimum Gasteiger partial charge on any atom is -0.492 e. The van der Waals surface area contributed by atoms with Crippen LogP contribution in [0.2, 0.25) is 0 Å². The number of piperidine rings is 1. The van der Waals surface area contributed by atoms with E-state index in [1.165, 1.54) is 0 Å². The van der Waals surface area contributed by atoms with Crippen LogP contribution in [0.3, 0.4) is 0 Å². The zero-order valence-corrected chi connectivity index (χ0v) is 28.3. The zero-order valence-electron chi connectivity index (χ0n) is 27.5. The van der Waals surface area contributed by atoms with Crippen LogP contribution in [0.4, 0.5) is 19.4 Å². The quantitative estimate of drug-likeness (QED) is 0.0998. The highest BCUT2D eigenvalue weighted by Gasteiger charge is 2.23. The number of carbonyl (C=O) groups excluding carboxylic acids is 1. The third kappa shape index (κ3) is 13.5. The van der Waals surface area contributed by atoms with Crippen molar-refractivity contribution in [2.75, 3.05) is 37.7 Å². The van der Waals surface area contributed by atoms with Gasteiger partial charge in [0.25, 0.3) is 0 Å². The van der Waals surface area contributed by atoms with E-state index in [4.69, 9.17) is 20.8 Å². The number of likely N-dealkylation sites (tertiary alicyclic amines) is 1. The standard InChI is InChI=1S/C23H38N6O2.C6H4F2.C6H6OS/c1-16(2)21(25)27-23(30)28-9-6-18(7-10-28)5-4-12-31-20-13-17(3)22(26-14-20)29-11-8-19(24)15-29;7-5-1-2-6(8)4-3-5;7-8-6-4-2-1-3-5-6/h13-14,16,18-19H,4-12,15,24H2,1-3H3,(H2,25,27,30);1-4H;1-5,7H. The summed E-state index contributed by atoms with van der Waals surface area (Å²) in [6, 6.07) is 15.8. The molecular weight excluding hydrogens is 622 g/mol. The Kier molecular flexibility index (Phi) is 15.9. The van der Waals surface area contributed by atoms with E-state index in [0.717, 1.165) is 117 Å². The molecule has 2 amide bonds. The van der Waals surface area contributed by atoms with Crippen LogP contribution in [0, 0.1) is 30.4 Å². The average molecular weight is 671 g/mol. The lowest BCUT2D eigenvalue weighted by molar-refractivity contribution is 0.173. The summed E-state index contributed by atoms with van der Waals surface area (Å²) in [6.45, 7) is 9.99. The number of halogens is 2. The molecule has 0 spiro atoms. The third-order valence-electron chi connectivity index (χ3n) is 7.93. The van der Waals surface area contributed by atoms with Crippen LogP contribution in [-0.2, 0) is 0 Å². The van der Waals surface area contributed by atoms with Gasteiger partial charge in [0, 0.05) is 55.1 Å². The first kappa shape index (κ1) is 37.7. The van der Waals surface area contributed by atoms with Gasteiger partial charge in [-0.1, -0.05) is 32.0 Å². The second kappa shape index (κ2) is 19.8. The zero-order chi connectivity index (χ0) is 34.2. The molecule has 2 aliphatic heterocycles. The number of hydrogen-bond donors (Lipinski definition) is 3. The highest BCUT2D eigenvalue weighted by molar-refractivity contribution is 7.93. The summed E-state index contributed by atoms with van der Waals surface area (Å²) < 4.78 is 38.2. The van der Waals surface area contributed by atoms with E-state index < -0.39 is 11.6 Å². The Morgan fingerprint density at radius 2 is 1.70 bits per heavy atom. The number of pyridine rings is 1. The number of aliphatic imine (C=N–C) groups is 1. The molecule has 3 aromatic rings. The highest BCUT2D eigenvalue weighted by Crippen LogP contribution is 2.26. The molecule has 12 heteroatoms. The van der Waals surface area contributed by atoms with Gasteiger partial charge in [0.15, 0.2) is 0 Å². The van der Waals surface area contributed by atoms with Gasteiger partial charge in [-0.3, -0.25) is 0 Å². The Hall–Kier alpha value is -3.74. The van der Waals surface area contributed by atoms with E-state index in [1.807, 2.05) is 55.3 Å². The molecule has 0 saturated carbocycles. The van der Waals surface area contributed by atoms with E-state index in [9.17, 15) is 13.6 Å². The lowest BCUT2D eigenvalue weighted by Gasteiger charge is -2.30. The molecule has 9 nitrogen and oxygen atoms in total. The minimum atomic E-state index is -0.411. The van der Waals surface area contributed by atoms with Crippen LogP contribution in [0.1, 0.15) is 51.5 Å². The molecule has 5 rings (SSSR count). The Bertz CT molecular complexity index is 1370. The van der Waals surface area contributed by atoms with Crippen molar-refractivity contribution in [1.29, 1.82) is 0 Å². The van der Waals surface area contributed by atoms with Gasteiger partial charge in [-0.05, 0) is 93.0 Å². The fourth-order valence-electron chi connectivity index (χ4n) is 5.13. The number of amidine groups is 1. The van der Waals surface area contributed by atoms with Gasteiger partial charge in [-0.25, -0.2) is 18.6 Å². The molecule has 1 atom stereocenters. The maximum atomic E-state index is 12.2. The first-order chi connectivity index (χ1) is 22.5. The summed E-state index contributed by atoms with van der Waals surface area (Å²) in [6.07, 6.45) is 6.96. The molecule has 256 valence electrons. The molecule has 1 unspecified atom stereocenters. The summed E-state index contributed by atoms with van der Waals surface area (Å²) in [7, 11) is 0. The normalized spacial score (nSPS) is 16.7. The van der Waals surface area contributed by atoms with Gasteiger partial charge < -0.3 is 30.6 Å². The summed E-state index contributed by atoms with van der Waals surface area (Å²) in [5, 5.41) is 0. The molecule has 3 heterocycles. The van der Waals surface area contributed by atoms with Crippen molar-refractivity contribution in [3.63, 3.8) is 0 Å². The van der Waals surface area contributed by atoms with Gasteiger partial charge in [0.2, 0.25) is 0 Å². The Morgan fingerprint density at radius 1 is 1.06 bits per heavy atom. The van der Waals surface area contributed by atoms with Gasteiger partial charge >= 0.3 is 6.03 Å².